The van der Waals surface area contributed by atoms with Gasteiger partial charge < -0.3 is 15.3 Å². The van der Waals surface area contributed by atoms with Crippen LogP contribution in [0, 0.1) is 5.82 Å². The van der Waals surface area contributed by atoms with Crippen LogP contribution in [-0.2, 0) is 11.2 Å². The van der Waals surface area contributed by atoms with Crippen LogP contribution in [0.15, 0.2) is 12.1 Å². The van der Waals surface area contributed by atoms with E-state index in [1.54, 1.807) is 0 Å². The molecule has 0 amide bonds. The Labute approximate surface area is 72.9 Å². The molecule has 70 valence electrons. The van der Waals surface area contributed by atoms with Gasteiger partial charge in [0.05, 0.1) is 6.42 Å². The van der Waals surface area contributed by atoms with Crippen molar-refractivity contribution < 1.29 is 24.5 Å². The first-order valence-corrected chi connectivity index (χ1v) is 3.43. The minimum absolute atomic E-state index is 0.0669. The van der Waals surface area contributed by atoms with Crippen LogP contribution in [0.2, 0.25) is 0 Å². The van der Waals surface area contributed by atoms with Gasteiger partial charge in [-0.15, -0.1) is 0 Å². The first-order valence-electron chi connectivity index (χ1n) is 3.43. The van der Waals surface area contributed by atoms with E-state index in [4.69, 9.17) is 15.3 Å². The summed E-state index contributed by atoms with van der Waals surface area (Å²) in [7, 11) is 0. The second kappa shape index (κ2) is 3.30. The number of aromatic hydroxyl groups is 2. The lowest BCUT2D eigenvalue weighted by atomic mass is 10.1. The Bertz CT molecular complexity index is 348. The monoisotopic (exact) mass is 186 g/mol. The maximum Gasteiger partial charge on any atom is 0.307 e. The second-order valence-electron chi connectivity index (χ2n) is 2.48. The Hall–Kier alpha value is -1.78. The number of carboxylic acid groups (broad SMARTS) is 1. The van der Waals surface area contributed by atoms with Gasteiger partial charge in [-0.05, 0) is 6.07 Å². The average molecular weight is 186 g/mol. The largest absolute Gasteiger partial charge is 0.505 e. The maximum absolute atomic E-state index is 12.7. The zero-order valence-corrected chi connectivity index (χ0v) is 6.49. The standard InChI is InChI=1S/C8H7FO4/c9-7-5(10)2-1-4(8(7)13)3-6(11)12/h1-2,10,13H,3H2,(H,11,12). The van der Waals surface area contributed by atoms with E-state index in [9.17, 15) is 9.18 Å². The van der Waals surface area contributed by atoms with E-state index in [0.717, 1.165) is 12.1 Å². The number of carboxylic acids is 1. The van der Waals surface area contributed by atoms with Gasteiger partial charge in [0, 0.05) is 5.56 Å². The molecule has 1 aromatic rings. The molecule has 0 aliphatic carbocycles. The third-order valence-corrected chi connectivity index (χ3v) is 1.52. The van der Waals surface area contributed by atoms with E-state index in [1.165, 1.54) is 0 Å². The molecule has 0 saturated carbocycles. The number of rotatable bonds is 2. The molecule has 0 aromatic heterocycles. The predicted octanol–water partition coefficient (Wildman–Crippen LogP) is 0.864. The number of carbonyl (C=O) groups is 1. The van der Waals surface area contributed by atoms with Crippen LogP contribution in [0.1, 0.15) is 5.56 Å². The summed E-state index contributed by atoms with van der Waals surface area (Å²) in [5.41, 5.74) is -0.0669. The van der Waals surface area contributed by atoms with Crippen molar-refractivity contribution in [2.45, 2.75) is 6.42 Å². The molecule has 0 unspecified atom stereocenters. The third kappa shape index (κ3) is 1.87. The average Bonchev–Trinajstić information content (AvgIpc) is 2.06. The van der Waals surface area contributed by atoms with Gasteiger partial charge >= 0.3 is 5.97 Å². The van der Waals surface area contributed by atoms with Crippen LogP contribution in [0.4, 0.5) is 4.39 Å². The summed E-state index contributed by atoms with van der Waals surface area (Å²) in [6, 6.07) is 2.15. The van der Waals surface area contributed by atoms with Crippen molar-refractivity contribution in [3.63, 3.8) is 0 Å². The molecule has 3 N–H and O–H groups in total. The van der Waals surface area contributed by atoms with E-state index in [-0.39, 0.29) is 5.56 Å². The van der Waals surface area contributed by atoms with Crippen LogP contribution < -0.4 is 0 Å². The fourth-order valence-corrected chi connectivity index (χ4v) is 0.899. The highest BCUT2D eigenvalue weighted by Gasteiger charge is 2.13. The molecule has 0 saturated heterocycles. The predicted molar refractivity (Wildman–Crippen MR) is 41.1 cm³/mol. The summed E-state index contributed by atoms with van der Waals surface area (Å²) in [5, 5.41) is 26.2. The van der Waals surface area contributed by atoms with Crippen molar-refractivity contribution in [3.05, 3.63) is 23.5 Å². The highest BCUT2D eigenvalue weighted by atomic mass is 19.1. The number of halogens is 1. The number of aliphatic carboxylic acids is 1. The van der Waals surface area contributed by atoms with E-state index >= 15 is 0 Å². The van der Waals surface area contributed by atoms with Gasteiger partial charge in [-0.2, -0.15) is 4.39 Å². The van der Waals surface area contributed by atoms with Crippen LogP contribution in [-0.4, -0.2) is 21.3 Å². The number of hydrogen-bond donors (Lipinski definition) is 3. The van der Waals surface area contributed by atoms with Crippen molar-refractivity contribution in [2.75, 3.05) is 0 Å². The van der Waals surface area contributed by atoms with Gasteiger partial charge in [-0.1, -0.05) is 6.07 Å². The van der Waals surface area contributed by atoms with Crippen molar-refractivity contribution in [3.8, 4) is 11.5 Å². The molecular formula is C8H7FO4. The smallest absolute Gasteiger partial charge is 0.307 e. The first-order chi connectivity index (χ1) is 6.02. The van der Waals surface area contributed by atoms with E-state index in [0.29, 0.717) is 0 Å². The summed E-state index contributed by atoms with van der Waals surface area (Å²) in [6.07, 6.45) is -0.483. The molecule has 0 aliphatic rings. The van der Waals surface area contributed by atoms with Gasteiger partial charge in [0.1, 0.15) is 0 Å². The number of hydrogen-bond acceptors (Lipinski definition) is 3. The molecule has 0 bridgehead atoms. The van der Waals surface area contributed by atoms with Gasteiger partial charge in [-0.25, -0.2) is 0 Å². The summed E-state index contributed by atoms with van der Waals surface area (Å²) in [4.78, 5) is 10.2. The van der Waals surface area contributed by atoms with E-state index in [2.05, 4.69) is 0 Å². The van der Waals surface area contributed by atoms with Gasteiger partial charge in [0.15, 0.2) is 11.5 Å². The fourth-order valence-electron chi connectivity index (χ4n) is 0.899. The van der Waals surface area contributed by atoms with E-state index < -0.39 is 29.7 Å². The molecule has 0 spiro atoms. The van der Waals surface area contributed by atoms with Crippen molar-refractivity contribution in [1.29, 1.82) is 0 Å². The Kier molecular flexibility index (Phi) is 2.36. The Morgan fingerprint density at radius 3 is 2.54 bits per heavy atom. The lowest BCUT2D eigenvalue weighted by Crippen LogP contribution is -2.00. The molecular weight excluding hydrogens is 179 g/mol. The van der Waals surface area contributed by atoms with Gasteiger partial charge in [-0.3, -0.25) is 4.79 Å². The first kappa shape index (κ1) is 9.31. The Balaban J connectivity index is 3.10. The lowest BCUT2D eigenvalue weighted by Gasteiger charge is -2.03. The fraction of sp³-hybridized carbons (Fsp3) is 0.125. The molecule has 1 rings (SSSR count). The number of phenolic OH excluding ortho intramolecular Hbond substituents is 2. The van der Waals surface area contributed by atoms with Crippen LogP contribution in [0.3, 0.4) is 0 Å². The highest BCUT2D eigenvalue weighted by molar-refractivity contribution is 5.71. The molecule has 0 atom stereocenters. The van der Waals surface area contributed by atoms with Crippen molar-refractivity contribution in [2.24, 2.45) is 0 Å². The van der Waals surface area contributed by atoms with Crippen molar-refractivity contribution in [1.82, 2.24) is 0 Å². The maximum atomic E-state index is 12.7. The highest BCUT2D eigenvalue weighted by Crippen LogP contribution is 2.28. The summed E-state index contributed by atoms with van der Waals surface area (Å²) in [5.74, 6) is -3.90. The quantitative estimate of drug-likeness (QED) is 0.640. The molecule has 4 nitrogen and oxygen atoms in total. The molecule has 0 fully saturated rings. The molecule has 0 heterocycles. The molecule has 1 aromatic carbocycles. The molecule has 13 heavy (non-hydrogen) atoms. The van der Waals surface area contributed by atoms with Gasteiger partial charge in [0.2, 0.25) is 5.82 Å². The zero-order chi connectivity index (χ0) is 10.0. The van der Waals surface area contributed by atoms with Crippen LogP contribution in [0.5, 0.6) is 11.5 Å². The molecule has 0 aliphatic heterocycles. The van der Waals surface area contributed by atoms with Gasteiger partial charge in [0.25, 0.3) is 0 Å². The minimum atomic E-state index is -1.20. The van der Waals surface area contributed by atoms with Crippen LogP contribution in [0.25, 0.3) is 0 Å². The Morgan fingerprint density at radius 1 is 1.38 bits per heavy atom. The summed E-state index contributed by atoms with van der Waals surface area (Å²) >= 11 is 0. The van der Waals surface area contributed by atoms with Crippen LogP contribution >= 0.6 is 0 Å². The Morgan fingerprint density at radius 2 is 2.00 bits per heavy atom. The van der Waals surface area contributed by atoms with Crippen molar-refractivity contribution >= 4 is 5.97 Å². The number of phenols is 2. The minimum Gasteiger partial charge on any atom is -0.505 e. The normalized spacial score (nSPS) is 9.92. The zero-order valence-electron chi connectivity index (χ0n) is 6.49. The summed E-state index contributed by atoms with van der Waals surface area (Å²) < 4.78 is 12.7. The van der Waals surface area contributed by atoms with E-state index in [1.807, 2.05) is 0 Å². The third-order valence-electron chi connectivity index (χ3n) is 1.52. The molecule has 0 radical (unpaired) electrons. The second-order valence-corrected chi connectivity index (χ2v) is 2.48. The molecule has 5 heteroatoms. The summed E-state index contributed by atoms with van der Waals surface area (Å²) in [6.45, 7) is 0. The SMILES string of the molecule is O=C(O)Cc1ccc(O)c(F)c1O. The number of benzene rings is 1. The lowest BCUT2D eigenvalue weighted by molar-refractivity contribution is -0.136. The topological polar surface area (TPSA) is 77.8 Å².